The fourth-order valence-corrected chi connectivity index (χ4v) is 2.63. The Hall–Kier alpha value is -0.890. The Labute approximate surface area is 103 Å². The zero-order chi connectivity index (χ0) is 12.1. The van der Waals surface area contributed by atoms with Gasteiger partial charge >= 0.3 is 0 Å². The molecular formula is C15H22FN. The molecule has 0 aliphatic heterocycles. The second kappa shape index (κ2) is 6.15. The average molecular weight is 235 g/mol. The topological polar surface area (TPSA) is 12.0 Å². The van der Waals surface area contributed by atoms with E-state index in [1.54, 1.807) is 12.1 Å². The molecular weight excluding hydrogens is 213 g/mol. The van der Waals surface area contributed by atoms with Gasteiger partial charge in [0, 0.05) is 6.04 Å². The van der Waals surface area contributed by atoms with Crippen LogP contribution < -0.4 is 5.32 Å². The lowest BCUT2D eigenvalue weighted by atomic mass is 9.89. The van der Waals surface area contributed by atoms with Gasteiger partial charge in [-0.25, -0.2) is 4.39 Å². The number of hydrogen-bond donors (Lipinski definition) is 1. The van der Waals surface area contributed by atoms with Crippen molar-refractivity contribution in [2.24, 2.45) is 5.92 Å². The molecule has 0 unspecified atom stereocenters. The van der Waals surface area contributed by atoms with E-state index in [2.05, 4.69) is 12.2 Å². The molecule has 1 N–H and O–H groups in total. The summed E-state index contributed by atoms with van der Waals surface area (Å²) in [6.07, 6.45) is 6.85. The molecule has 1 fully saturated rings. The third-order valence-electron chi connectivity index (χ3n) is 3.79. The lowest BCUT2D eigenvalue weighted by molar-refractivity contribution is 0.331. The molecule has 94 valence electrons. The van der Waals surface area contributed by atoms with Crippen LogP contribution in [0.15, 0.2) is 24.3 Å². The van der Waals surface area contributed by atoms with Gasteiger partial charge in [0.15, 0.2) is 0 Å². The van der Waals surface area contributed by atoms with Gasteiger partial charge in [0.25, 0.3) is 0 Å². The largest absolute Gasteiger partial charge is 0.310 e. The van der Waals surface area contributed by atoms with Crippen molar-refractivity contribution in [2.45, 2.75) is 45.1 Å². The molecule has 0 spiro atoms. The smallest absolute Gasteiger partial charge is 0.123 e. The van der Waals surface area contributed by atoms with Crippen molar-refractivity contribution in [3.8, 4) is 0 Å². The first-order chi connectivity index (χ1) is 8.25. The molecule has 0 bridgehead atoms. The molecule has 1 aromatic rings. The van der Waals surface area contributed by atoms with E-state index in [9.17, 15) is 4.39 Å². The van der Waals surface area contributed by atoms with E-state index in [1.807, 2.05) is 6.07 Å². The molecule has 1 aliphatic rings. The Kier molecular flexibility index (Phi) is 4.55. The normalized spacial score (nSPS) is 19.2. The Morgan fingerprint density at radius 2 is 2.06 bits per heavy atom. The molecule has 1 saturated carbocycles. The van der Waals surface area contributed by atoms with E-state index < -0.39 is 0 Å². The second-order valence-corrected chi connectivity index (χ2v) is 5.19. The number of halogens is 1. The summed E-state index contributed by atoms with van der Waals surface area (Å²) in [6.45, 7) is 3.18. The maximum Gasteiger partial charge on any atom is 0.123 e. The molecule has 0 saturated heterocycles. The quantitative estimate of drug-likeness (QED) is 0.830. The van der Waals surface area contributed by atoms with Crippen molar-refractivity contribution in [1.29, 1.82) is 0 Å². The van der Waals surface area contributed by atoms with E-state index in [0.29, 0.717) is 0 Å². The van der Waals surface area contributed by atoms with Crippen LogP contribution in [0, 0.1) is 11.7 Å². The number of hydrogen-bond acceptors (Lipinski definition) is 1. The molecule has 17 heavy (non-hydrogen) atoms. The summed E-state index contributed by atoms with van der Waals surface area (Å²) in [4.78, 5) is 0. The predicted molar refractivity (Wildman–Crippen MR) is 69.4 cm³/mol. The van der Waals surface area contributed by atoms with Gasteiger partial charge in [0.1, 0.15) is 5.82 Å². The predicted octanol–water partition coefficient (Wildman–Crippen LogP) is 4.06. The lowest BCUT2D eigenvalue weighted by Crippen LogP contribution is -2.27. The van der Waals surface area contributed by atoms with E-state index >= 15 is 0 Å². The van der Waals surface area contributed by atoms with Gasteiger partial charge in [-0.05, 0) is 49.9 Å². The van der Waals surface area contributed by atoms with E-state index in [-0.39, 0.29) is 11.9 Å². The molecule has 1 aromatic carbocycles. The summed E-state index contributed by atoms with van der Waals surface area (Å²) in [5.41, 5.74) is 1.04. The van der Waals surface area contributed by atoms with Crippen molar-refractivity contribution < 1.29 is 4.39 Å². The summed E-state index contributed by atoms with van der Waals surface area (Å²) < 4.78 is 13.1. The van der Waals surface area contributed by atoms with Gasteiger partial charge in [-0.2, -0.15) is 0 Å². The summed E-state index contributed by atoms with van der Waals surface area (Å²) >= 11 is 0. The van der Waals surface area contributed by atoms with Crippen molar-refractivity contribution in [3.05, 3.63) is 35.6 Å². The third kappa shape index (κ3) is 3.81. The van der Waals surface area contributed by atoms with Crippen LogP contribution in [0.1, 0.15) is 50.6 Å². The summed E-state index contributed by atoms with van der Waals surface area (Å²) in [5.74, 6) is 0.675. The second-order valence-electron chi connectivity index (χ2n) is 5.19. The highest BCUT2D eigenvalue weighted by molar-refractivity contribution is 5.19. The Balaban J connectivity index is 1.82. The summed E-state index contributed by atoms with van der Waals surface area (Å²) in [7, 11) is 0. The van der Waals surface area contributed by atoms with Crippen LogP contribution in [0.4, 0.5) is 4.39 Å². The van der Waals surface area contributed by atoms with E-state index in [0.717, 1.165) is 18.0 Å². The van der Waals surface area contributed by atoms with Crippen LogP contribution in [0.5, 0.6) is 0 Å². The van der Waals surface area contributed by atoms with Gasteiger partial charge in [0.2, 0.25) is 0 Å². The average Bonchev–Trinajstić information content (AvgIpc) is 2.37. The Bertz CT molecular complexity index is 345. The molecule has 1 atom stereocenters. The lowest BCUT2D eigenvalue weighted by Gasteiger charge is -2.24. The maximum absolute atomic E-state index is 13.1. The van der Waals surface area contributed by atoms with Gasteiger partial charge in [0.05, 0.1) is 0 Å². The fraction of sp³-hybridized carbons (Fsp3) is 0.600. The van der Waals surface area contributed by atoms with Crippen LogP contribution >= 0.6 is 0 Å². The number of benzene rings is 1. The molecule has 0 radical (unpaired) electrons. The summed E-state index contributed by atoms with van der Waals surface area (Å²) in [6, 6.07) is 7.13. The first-order valence-corrected chi connectivity index (χ1v) is 6.74. The minimum Gasteiger partial charge on any atom is -0.310 e. The highest BCUT2D eigenvalue weighted by Crippen LogP contribution is 2.23. The minimum atomic E-state index is -0.145. The van der Waals surface area contributed by atoms with Crippen LogP contribution in [0.2, 0.25) is 0 Å². The zero-order valence-electron chi connectivity index (χ0n) is 10.6. The molecule has 0 heterocycles. The van der Waals surface area contributed by atoms with E-state index in [4.69, 9.17) is 0 Å². The van der Waals surface area contributed by atoms with Crippen LogP contribution in [0.25, 0.3) is 0 Å². The maximum atomic E-state index is 13.1. The van der Waals surface area contributed by atoms with Gasteiger partial charge < -0.3 is 5.32 Å². The number of nitrogens with one attached hydrogen (secondary N) is 1. The highest BCUT2D eigenvalue weighted by atomic mass is 19.1. The van der Waals surface area contributed by atoms with Crippen LogP contribution in [-0.4, -0.2) is 6.54 Å². The van der Waals surface area contributed by atoms with E-state index in [1.165, 1.54) is 38.2 Å². The Morgan fingerprint density at radius 1 is 1.29 bits per heavy atom. The van der Waals surface area contributed by atoms with Crippen molar-refractivity contribution in [1.82, 2.24) is 5.32 Å². The van der Waals surface area contributed by atoms with Crippen LogP contribution in [0.3, 0.4) is 0 Å². The van der Waals surface area contributed by atoms with Crippen molar-refractivity contribution >= 4 is 0 Å². The molecule has 0 amide bonds. The van der Waals surface area contributed by atoms with Gasteiger partial charge in [-0.1, -0.05) is 31.4 Å². The Morgan fingerprint density at radius 3 is 2.76 bits per heavy atom. The summed E-state index contributed by atoms with van der Waals surface area (Å²) in [5, 5.41) is 3.53. The fourth-order valence-electron chi connectivity index (χ4n) is 2.63. The first-order valence-electron chi connectivity index (χ1n) is 6.74. The number of rotatable bonds is 4. The minimum absolute atomic E-state index is 0.145. The monoisotopic (exact) mass is 235 g/mol. The third-order valence-corrected chi connectivity index (χ3v) is 3.79. The molecule has 1 aliphatic carbocycles. The highest BCUT2D eigenvalue weighted by Gasteiger charge is 2.14. The molecule has 1 nitrogen and oxygen atoms in total. The van der Waals surface area contributed by atoms with Gasteiger partial charge in [-0.15, -0.1) is 0 Å². The molecule has 2 heteroatoms. The van der Waals surface area contributed by atoms with Gasteiger partial charge in [-0.3, -0.25) is 0 Å². The van der Waals surface area contributed by atoms with Crippen molar-refractivity contribution in [2.75, 3.05) is 6.54 Å². The van der Waals surface area contributed by atoms with Crippen LogP contribution in [-0.2, 0) is 0 Å². The molecule has 0 aromatic heterocycles. The molecule has 2 rings (SSSR count). The standard InChI is InChI=1S/C15H22FN/c1-12(14-8-5-9-15(16)10-14)17-11-13-6-3-2-4-7-13/h5,8-10,12-13,17H,2-4,6-7,11H2,1H3/t12-/m0/s1. The first kappa shape index (κ1) is 12.6. The SMILES string of the molecule is C[C@H](NCC1CCCCC1)c1cccc(F)c1. The zero-order valence-corrected chi connectivity index (χ0v) is 10.6. The van der Waals surface area contributed by atoms with Crippen molar-refractivity contribution in [3.63, 3.8) is 0 Å².